The van der Waals surface area contributed by atoms with E-state index in [1.54, 1.807) is 12.0 Å². The number of unbranched alkanes of at least 4 members (excludes halogenated alkanes) is 1. The number of nitrogens with one attached hydrogen (secondary N) is 2. The third-order valence-corrected chi connectivity index (χ3v) is 8.51. The number of likely N-dealkylation sites (tertiary alicyclic amines) is 1. The summed E-state index contributed by atoms with van der Waals surface area (Å²) < 4.78 is 34.2. The maximum Gasteiger partial charge on any atom is 0.317 e. The average Bonchev–Trinajstić information content (AvgIpc) is 2.90. The summed E-state index contributed by atoms with van der Waals surface area (Å²) in [5, 5.41) is 17.8. The summed E-state index contributed by atoms with van der Waals surface area (Å²) in [6.45, 7) is 2.08. The Morgan fingerprint density at radius 2 is 1.97 bits per heavy atom. The van der Waals surface area contributed by atoms with E-state index in [1.807, 2.05) is 7.05 Å². The zero-order valence-electron chi connectivity index (χ0n) is 22.3. The minimum atomic E-state index is -1.58. The molecule has 0 bridgehead atoms. The van der Waals surface area contributed by atoms with Crippen molar-refractivity contribution in [1.29, 1.82) is 0 Å². The van der Waals surface area contributed by atoms with Crippen molar-refractivity contribution in [3.05, 3.63) is 34.4 Å². The number of carbonyl (C=O) groups excluding carboxylic acids is 1. The number of ether oxygens (including phenoxy) is 1. The maximum atomic E-state index is 15.2. The number of amides is 2. The highest BCUT2D eigenvalue weighted by Crippen LogP contribution is 2.42. The zero-order valence-corrected chi connectivity index (χ0v) is 23.1. The van der Waals surface area contributed by atoms with E-state index in [9.17, 15) is 14.3 Å². The minimum absolute atomic E-state index is 0.00562. The number of methoxy groups -OCH3 is 1. The average molecular weight is 544 g/mol. The van der Waals surface area contributed by atoms with E-state index >= 15 is 4.39 Å². The highest BCUT2D eigenvalue weighted by molar-refractivity contribution is 6.31. The van der Waals surface area contributed by atoms with E-state index in [0.29, 0.717) is 51.3 Å². The molecule has 0 radical (unpaired) electrons. The van der Waals surface area contributed by atoms with Crippen LogP contribution >= 0.6 is 11.6 Å². The largest absolute Gasteiger partial charge is 0.385 e. The molecule has 2 amide bonds. The van der Waals surface area contributed by atoms with E-state index in [1.165, 1.54) is 38.2 Å². The predicted octanol–water partition coefficient (Wildman–Crippen LogP) is 5.60. The van der Waals surface area contributed by atoms with Crippen molar-refractivity contribution in [2.24, 2.45) is 11.8 Å². The summed E-state index contributed by atoms with van der Waals surface area (Å²) in [5.41, 5.74) is -1.59. The fourth-order valence-corrected chi connectivity index (χ4v) is 6.31. The van der Waals surface area contributed by atoms with Gasteiger partial charge >= 0.3 is 6.03 Å². The third-order valence-electron chi connectivity index (χ3n) is 8.16. The van der Waals surface area contributed by atoms with Gasteiger partial charge in [-0.25, -0.2) is 13.6 Å². The molecule has 1 aromatic rings. The molecule has 1 aromatic carbocycles. The molecular weight excluding hydrogens is 500 g/mol. The molecule has 9 heteroatoms. The van der Waals surface area contributed by atoms with E-state index in [-0.39, 0.29) is 30.6 Å². The number of carbonyl (C=O) groups is 1. The highest BCUT2D eigenvalue weighted by Gasteiger charge is 2.43. The number of piperidine rings is 1. The van der Waals surface area contributed by atoms with Gasteiger partial charge in [-0.15, -0.1) is 0 Å². The number of hydrogen-bond donors (Lipinski definition) is 3. The standard InChI is InChI=1S/C28H44ClF2N3O3/c1-32-18-22(17-20-9-4-3-5-10-20)33-27(35)34-15-8-11-21(19-34)28(36,14-6-7-16-37-2)23-12-13-24(30)25(29)26(23)31/h12-13,20-22,32,36H,3-11,14-19H2,1-2H3,(H,33,35)/t21-,22?,28-/m1/s1. The molecule has 2 aliphatic rings. The molecule has 1 saturated heterocycles. The molecule has 3 atom stereocenters. The lowest BCUT2D eigenvalue weighted by Gasteiger charge is -2.43. The van der Waals surface area contributed by atoms with Gasteiger partial charge in [0.1, 0.15) is 10.8 Å². The first kappa shape index (κ1) is 30.1. The summed E-state index contributed by atoms with van der Waals surface area (Å²) in [5.74, 6) is -1.57. The smallest absolute Gasteiger partial charge is 0.317 e. The number of nitrogens with zero attached hydrogens (tertiary/aromatic N) is 1. The predicted molar refractivity (Wildman–Crippen MR) is 143 cm³/mol. The second-order valence-electron chi connectivity index (χ2n) is 10.8. The summed E-state index contributed by atoms with van der Waals surface area (Å²) in [4.78, 5) is 15.1. The maximum absolute atomic E-state index is 15.2. The second kappa shape index (κ2) is 14.6. The number of benzene rings is 1. The Morgan fingerprint density at radius 3 is 2.68 bits per heavy atom. The number of rotatable bonds is 12. The van der Waals surface area contributed by atoms with Crippen molar-refractivity contribution in [1.82, 2.24) is 15.5 Å². The van der Waals surface area contributed by atoms with Crippen LogP contribution in [0.2, 0.25) is 5.02 Å². The molecule has 1 heterocycles. The van der Waals surface area contributed by atoms with Crippen LogP contribution in [-0.2, 0) is 10.3 Å². The molecule has 1 aliphatic carbocycles. The molecule has 2 fully saturated rings. The molecule has 1 unspecified atom stereocenters. The first-order valence-corrected chi connectivity index (χ1v) is 14.2. The lowest BCUT2D eigenvalue weighted by Crippen LogP contribution is -2.54. The Bertz CT molecular complexity index is 871. The first-order valence-electron chi connectivity index (χ1n) is 13.9. The number of aliphatic hydroxyl groups is 1. The number of halogens is 3. The Hall–Kier alpha value is -1.48. The van der Waals surface area contributed by atoms with E-state index in [4.69, 9.17) is 16.3 Å². The quantitative estimate of drug-likeness (QED) is 0.237. The van der Waals surface area contributed by atoms with Crippen molar-refractivity contribution in [2.45, 2.75) is 82.3 Å². The normalized spacial score (nSPS) is 21.5. The summed E-state index contributed by atoms with van der Waals surface area (Å²) >= 11 is 5.90. The highest BCUT2D eigenvalue weighted by atomic mass is 35.5. The van der Waals surface area contributed by atoms with Crippen LogP contribution in [0.15, 0.2) is 12.1 Å². The molecule has 6 nitrogen and oxygen atoms in total. The molecule has 0 aromatic heterocycles. The Morgan fingerprint density at radius 1 is 1.22 bits per heavy atom. The van der Waals surface area contributed by atoms with Crippen LogP contribution in [0.5, 0.6) is 0 Å². The summed E-state index contributed by atoms with van der Waals surface area (Å²) in [6, 6.07) is 2.27. The molecule has 210 valence electrons. The fourth-order valence-electron chi connectivity index (χ4n) is 6.14. The lowest BCUT2D eigenvalue weighted by molar-refractivity contribution is -0.0588. The van der Waals surface area contributed by atoms with Gasteiger partial charge < -0.3 is 25.4 Å². The molecule has 1 aliphatic heterocycles. The Balaban J connectivity index is 1.74. The third kappa shape index (κ3) is 8.01. The van der Waals surface area contributed by atoms with Gasteiger partial charge in [0.25, 0.3) is 0 Å². The lowest BCUT2D eigenvalue weighted by atomic mass is 9.74. The van der Waals surface area contributed by atoms with Gasteiger partial charge in [0.15, 0.2) is 5.82 Å². The SMILES string of the molecule is CNCC(CC1CCCCC1)NC(=O)N1CCC[C@@H]([C@](O)(CCCCOC)c2ccc(F)c(Cl)c2F)C1. The monoisotopic (exact) mass is 543 g/mol. The van der Waals surface area contributed by atoms with E-state index in [0.717, 1.165) is 12.5 Å². The van der Waals surface area contributed by atoms with Crippen LogP contribution in [0.3, 0.4) is 0 Å². The van der Waals surface area contributed by atoms with Gasteiger partial charge in [0, 0.05) is 50.9 Å². The van der Waals surface area contributed by atoms with E-state index < -0.39 is 28.2 Å². The Labute approximate surface area is 225 Å². The summed E-state index contributed by atoms with van der Waals surface area (Å²) in [6.07, 6.45) is 10.0. The van der Waals surface area contributed by atoms with Gasteiger partial charge in [0.05, 0.1) is 5.60 Å². The minimum Gasteiger partial charge on any atom is -0.385 e. The molecule has 37 heavy (non-hydrogen) atoms. The van der Waals surface area contributed by atoms with Gasteiger partial charge in [-0.05, 0) is 57.6 Å². The summed E-state index contributed by atoms with van der Waals surface area (Å²) in [7, 11) is 3.50. The molecular formula is C28H44ClF2N3O3. The fraction of sp³-hybridized carbons (Fsp3) is 0.750. The van der Waals surface area contributed by atoms with Crippen molar-refractivity contribution in [3.8, 4) is 0 Å². The number of likely N-dealkylation sites (N-methyl/N-ethyl adjacent to an activating group) is 1. The second-order valence-corrected chi connectivity index (χ2v) is 11.2. The molecule has 3 N–H and O–H groups in total. The first-order chi connectivity index (χ1) is 17.8. The van der Waals surface area contributed by atoms with Crippen LogP contribution in [0.1, 0.15) is 76.2 Å². The van der Waals surface area contributed by atoms with Crippen LogP contribution < -0.4 is 10.6 Å². The molecule has 3 rings (SSSR count). The van der Waals surface area contributed by atoms with Gasteiger partial charge in [-0.3, -0.25) is 0 Å². The number of hydrogen-bond acceptors (Lipinski definition) is 4. The molecule has 1 saturated carbocycles. The van der Waals surface area contributed by atoms with Gasteiger partial charge in [-0.1, -0.05) is 49.8 Å². The number of urea groups is 1. The van der Waals surface area contributed by atoms with Crippen LogP contribution in [0.25, 0.3) is 0 Å². The topological polar surface area (TPSA) is 73.8 Å². The van der Waals surface area contributed by atoms with Crippen molar-refractivity contribution in [2.75, 3.05) is 40.4 Å². The van der Waals surface area contributed by atoms with E-state index in [2.05, 4.69) is 10.6 Å². The van der Waals surface area contributed by atoms with Crippen LogP contribution in [-0.4, -0.2) is 62.5 Å². The van der Waals surface area contributed by atoms with Crippen LogP contribution in [0.4, 0.5) is 13.6 Å². The van der Waals surface area contributed by atoms with Gasteiger partial charge in [-0.2, -0.15) is 0 Å². The van der Waals surface area contributed by atoms with Crippen LogP contribution in [0, 0.1) is 23.5 Å². The van der Waals surface area contributed by atoms with Crippen molar-refractivity contribution in [3.63, 3.8) is 0 Å². The van der Waals surface area contributed by atoms with Crippen molar-refractivity contribution >= 4 is 17.6 Å². The van der Waals surface area contributed by atoms with Gasteiger partial charge in [0.2, 0.25) is 0 Å². The van der Waals surface area contributed by atoms with Crippen molar-refractivity contribution < 1.29 is 23.4 Å². The Kier molecular flexibility index (Phi) is 11.9. The zero-order chi connectivity index (χ0) is 26.8. The molecule has 0 spiro atoms.